The molecule has 0 fully saturated rings. The average Bonchev–Trinajstić information content (AvgIpc) is 3.08. The molecule has 0 unspecified atom stereocenters. The molecule has 4 N–H and O–H groups in total. The van der Waals surface area contributed by atoms with E-state index < -0.39 is 5.82 Å². The fourth-order valence-corrected chi connectivity index (χ4v) is 2.55. The number of phenols is 1. The summed E-state index contributed by atoms with van der Waals surface area (Å²) in [5.41, 5.74) is 2.31. The van der Waals surface area contributed by atoms with Crippen LogP contribution in [0.2, 0.25) is 0 Å². The first-order valence-corrected chi connectivity index (χ1v) is 7.61. The average molecular weight is 335 g/mol. The zero-order valence-corrected chi connectivity index (χ0v) is 13.0. The molecular weight excluding hydrogens is 321 g/mol. The number of halogens is 1. The Hall–Kier alpha value is -3.61. The number of hydrogen-bond donors (Lipinski definition) is 4. The molecule has 0 atom stereocenters. The van der Waals surface area contributed by atoms with E-state index in [0.717, 1.165) is 22.8 Å². The number of benzene rings is 2. The normalized spacial score (nSPS) is 10.8. The van der Waals surface area contributed by atoms with Crippen LogP contribution >= 0.6 is 0 Å². The van der Waals surface area contributed by atoms with E-state index in [0.29, 0.717) is 5.69 Å². The number of nitrogens with one attached hydrogen (secondary N) is 3. The molecule has 2 aromatic heterocycles. The minimum atomic E-state index is -0.589. The number of fused-ring (bicyclic) bond motifs is 1. The van der Waals surface area contributed by atoms with Crippen molar-refractivity contribution in [2.45, 2.75) is 0 Å². The first-order valence-electron chi connectivity index (χ1n) is 7.61. The van der Waals surface area contributed by atoms with Crippen LogP contribution in [0.4, 0.5) is 27.5 Å². The van der Waals surface area contributed by atoms with Gasteiger partial charge in [0.05, 0.1) is 11.9 Å². The predicted molar refractivity (Wildman–Crippen MR) is 95.0 cm³/mol. The molecule has 2 heterocycles. The Kier molecular flexibility index (Phi) is 3.66. The van der Waals surface area contributed by atoms with Gasteiger partial charge >= 0.3 is 0 Å². The van der Waals surface area contributed by atoms with Crippen molar-refractivity contribution < 1.29 is 9.50 Å². The van der Waals surface area contributed by atoms with E-state index >= 15 is 0 Å². The number of phenolic OH excluding ortho intramolecular Hbond substituents is 1. The minimum Gasteiger partial charge on any atom is -0.508 e. The van der Waals surface area contributed by atoms with Crippen molar-refractivity contribution in [2.24, 2.45) is 0 Å². The van der Waals surface area contributed by atoms with Gasteiger partial charge in [0.1, 0.15) is 5.75 Å². The summed E-state index contributed by atoms with van der Waals surface area (Å²) >= 11 is 0. The number of aromatic hydroxyl groups is 1. The number of rotatable bonds is 4. The molecule has 4 rings (SSSR count). The van der Waals surface area contributed by atoms with E-state index in [2.05, 4.69) is 25.6 Å². The monoisotopic (exact) mass is 335 g/mol. The van der Waals surface area contributed by atoms with Crippen molar-refractivity contribution >= 4 is 34.0 Å². The van der Waals surface area contributed by atoms with E-state index in [1.807, 2.05) is 30.5 Å². The minimum absolute atomic E-state index is 0.0179. The van der Waals surface area contributed by atoms with Crippen LogP contribution in [0.1, 0.15) is 0 Å². The van der Waals surface area contributed by atoms with Gasteiger partial charge in [-0.15, -0.1) is 0 Å². The second-order valence-electron chi connectivity index (χ2n) is 5.43. The SMILES string of the molecule is Oc1cccc(Nc2nc(Nc3cccc4[nH]ccc34)ncc2F)c1. The molecule has 0 aliphatic carbocycles. The summed E-state index contributed by atoms with van der Waals surface area (Å²) in [6.45, 7) is 0. The predicted octanol–water partition coefficient (Wildman–Crippen LogP) is 4.29. The summed E-state index contributed by atoms with van der Waals surface area (Å²) in [6.07, 6.45) is 2.94. The second-order valence-corrected chi connectivity index (χ2v) is 5.43. The maximum atomic E-state index is 14.0. The largest absolute Gasteiger partial charge is 0.508 e. The van der Waals surface area contributed by atoms with Crippen molar-refractivity contribution in [2.75, 3.05) is 10.6 Å². The van der Waals surface area contributed by atoms with Gasteiger partial charge in [-0.3, -0.25) is 0 Å². The lowest BCUT2D eigenvalue weighted by atomic mass is 10.2. The zero-order valence-electron chi connectivity index (χ0n) is 13.0. The third-order valence-electron chi connectivity index (χ3n) is 3.69. The van der Waals surface area contributed by atoms with Crippen LogP contribution in [-0.4, -0.2) is 20.1 Å². The molecule has 4 aromatic rings. The van der Waals surface area contributed by atoms with Gasteiger partial charge in [-0.05, 0) is 30.3 Å². The van der Waals surface area contributed by atoms with Crippen LogP contribution in [0.5, 0.6) is 5.75 Å². The number of nitrogens with zero attached hydrogens (tertiary/aromatic N) is 2. The molecular formula is C18H14FN5O. The summed E-state index contributed by atoms with van der Waals surface area (Å²) in [5, 5.41) is 16.4. The highest BCUT2D eigenvalue weighted by molar-refractivity contribution is 5.93. The Bertz CT molecular complexity index is 1050. The highest BCUT2D eigenvalue weighted by Gasteiger charge is 2.09. The number of H-pyrrole nitrogens is 1. The lowest BCUT2D eigenvalue weighted by Gasteiger charge is -2.10. The quantitative estimate of drug-likeness (QED) is 0.447. The molecule has 0 amide bonds. The molecule has 124 valence electrons. The van der Waals surface area contributed by atoms with E-state index in [-0.39, 0.29) is 17.5 Å². The lowest BCUT2D eigenvalue weighted by Crippen LogP contribution is -2.03. The highest BCUT2D eigenvalue weighted by atomic mass is 19.1. The molecule has 7 heteroatoms. The van der Waals surface area contributed by atoms with Gasteiger partial charge in [-0.1, -0.05) is 12.1 Å². The smallest absolute Gasteiger partial charge is 0.229 e. The van der Waals surface area contributed by atoms with Crippen LogP contribution in [0.3, 0.4) is 0 Å². The first kappa shape index (κ1) is 14.9. The maximum Gasteiger partial charge on any atom is 0.229 e. The standard InChI is InChI=1S/C18H14FN5O/c19-14-10-21-18(23-16-6-2-5-15-13(16)7-8-20-15)24-17(14)22-11-3-1-4-12(25)9-11/h1-10,20,25H,(H2,21,22,23,24). The molecule has 2 aromatic carbocycles. The summed E-state index contributed by atoms with van der Waals surface area (Å²) in [6, 6.07) is 14.1. The number of aromatic amines is 1. The fraction of sp³-hybridized carbons (Fsp3) is 0. The van der Waals surface area contributed by atoms with Crippen LogP contribution in [0.25, 0.3) is 10.9 Å². The van der Waals surface area contributed by atoms with Crippen molar-refractivity contribution in [3.63, 3.8) is 0 Å². The zero-order chi connectivity index (χ0) is 17.2. The van der Waals surface area contributed by atoms with Gasteiger partial charge < -0.3 is 20.7 Å². The third kappa shape index (κ3) is 3.07. The van der Waals surface area contributed by atoms with Gasteiger partial charge in [0.25, 0.3) is 0 Å². The van der Waals surface area contributed by atoms with Crippen LogP contribution in [0.15, 0.2) is 60.9 Å². The number of hydrogen-bond acceptors (Lipinski definition) is 5. The Balaban J connectivity index is 1.64. The molecule has 0 aliphatic rings. The van der Waals surface area contributed by atoms with Gasteiger partial charge in [0, 0.05) is 28.9 Å². The third-order valence-corrected chi connectivity index (χ3v) is 3.69. The topological polar surface area (TPSA) is 85.9 Å². The summed E-state index contributed by atoms with van der Waals surface area (Å²) < 4.78 is 14.0. The molecule has 0 radical (unpaired) electrons. The van der Waals surface area contributed by atoms with E-state index in [4.69, 9.17) is 0 Å². The van der Waals surface area contributed by atoms with Crippen molar-refractivity contribution in [1.29, 1.82) is 0 Å². The Morgan fingerprint density at radius 1 is 1.04 bits per heavy atom. The van der Waals surface area contributed by atoms with E-state index in [1.54, 1.807) is 12.1 Å². The fourth-order valence-electron chi connectivity index (χ4n) is 2.55. The molecule has 6 nitrogen and oxygen atoms in total. The molecule has 0 aliphatic heterocycles. The molecule has 0 spiro atoms. The highest BCUT2D eigenvalue weighted by Crippen LogP contribution is 2.26. The maximum absolute atomic E-state index is 14.0. The Morgan fingerprint density at radius 3 is 2.80 bits per heavy atom. The van der Waals surface area contributed by atoms with Crippen LogP contribution < -0.4 is 10.6 Å². The first-order chi connectivity index (χ1) is 12.2. The molecule has 0 saturated carbocycles. The van der Waals surface area contributed by atoms with Crippen molar-refractivity contribution in [3.05, 3.63) is 66.7 Å². The Morgan fingerprint density at radius 2 is 1.92 bits per heavy atom. The van der Waals surface area contributed by atoms with Crippen molar-refractivity contribution in [3.8, 4) is 5.75 Å². The summed E-state index contributed by atoms with van der Waals surface area (Å²) in [7, 11) is 0. The lowest BCUT2D eigenvalue weighted by molar-refractivity contribution is 0.475. The molecule has 0 bridgehead atoms. The summed E-state index contributed by atoms with van der Waals surface area (Å²) in [5.74, 6) is -0.229. The van der Waals surface area contributed by atoms with E-state index in [1.165, 1.54) is 12.1 Å². The van der Waals surface area contributed by atoms with Crippen LogP contribution in [0, 0.1) is 5.82 Å². The molecule has 25 heavy (non-hydrogen) atoms. The number of aromatic nitrogens is 3. The van der Waals surface area contributed by atoms with Gasteiger partial charge in [0.2, 0.25) is 5.95 Å². The van der Waals surface area contributed by atoms with Crippen molar-refractivity contribution in [1.82, 2.24) is 15.0 Å². The van der Waals surface area contributed by atoms with Crippen LogP contribution in [-0.2, 0) is 0 Å². The Labute approximate surface area is 142 Å². The molecule has 0 saturated heterocycles. The second kappa shape index (κ2) is 6.12. The van der Waals surface area contributed by atoms with Gasteiger partial charge in [-0.25, -0.2) is 9.37 Å². The summed E-state index contributed by atoms with van der Waals surface area (Å²) in [4.78, 5) is 11.3. The van der Waals surface area contributed by atoms with E-state index in [9.17, 15) is 9.50 Å². The van der Waals surface area contributed by atoms with Gasteiger partial charge in [-0.2, -0.15) is 4.98 Å². The number of anilines is 4. The van der Waals surface area contributed by atoms with Gasteiger partial charge in [0.15, 0.2) is 11.6 Å².